The molecule has 2 aromatic carbocycles. The average Bonchev–Trinajstić information content (AvgIpc) is 2.64. The predicted molar refractivity (Wildman–Crippen MR) is 100 cm³/mol. The summed E-state index contributed by atoms with van der Waals surface area (Å²) in [6.07, 6.45) is 3.13. The molecule has 0 aliphatic heterocycles. The van der Waals surface area contributed by atoms with Crippen molar-refractivity contribution in [2.24, 2.45) is 0 Å². The second kappa shape index (κ2) is 7.99. The van der Waals surface area contributed by atoms with Crippen molar-refractivity contribution >= 4 is 28.6 Å². The van der Waals surface area contributed by atoms with Gasteiger partial charge in [-0.2, -0.15) is 0 Å². The van der Waals surface area contributed by atoms with E-state index in [1.54, 1.807) is 48.7 Å². The molecule has 0 saturated heterocycles. The Kier molecular flexibility index (Phi) is 5.50. The van der Waals surface area contributed by atoms with Gasteiger partial charge in [0.05, 0.1) is 11.9 Å². The first-order chi connectivity index (χ1) is 12.5. The molecule has 0 spiro atoms. The Morgan fingerprint density at radius 1 is 1.08 bits per heavy atom. The molecule has 1 unspecified atom stereocenters. The molecule has 0 aliphatic rings. The van der Waals surface area contributed by atoms with E-state index in [0.29, 0.717) is 21.7 Å². The third-order valence-electron chi connectivity index (χ3n) is 3.52. The van der Waals surface area contributed by atoms with Crippen molar-refractivity contribution in [2.45, 2.75) is 11.8 Å². The summed E-state index contributed by atoms with van der Waals surface area (Å²) < 4.78 is 29.2. The summed E-state index contributed by atoms with van der Waals surface area (Å²) in [6.45, 7) is 1.41. The summed E-state index contributed by atoms with van der Waals surface area (Å²) in [6, 6.07) is 14.9. The summed E-state index contributed by atoms with van der Waals surface area (Å²) in [7, 11) is 0. The summed E-state index contributed by atoms with van der Waals surface area (Å²) in [4.78, 5) is 15.8. The lowest BCUT2D eigenvalue weighted by molar-refractivity contribution is -0.114. The highest BCUT2D eigenvalue weighted by atomic mass is 32.2. The van der Waals surface area contributed by atoms with Crippen LogP contribution in [-0.4, -0.2) is 15.4 Å². The average molecular weight is 369 g/mol. The fourth-order valence-electron chi connectivity index (χ4n) is 2.36. The van der Waals surface area contributed by atoms with Gasteiger partial charge in [-0.15, -0.1) is 0 Å². The number of halogens is 1. The van der Waals surface area contributed by atoms with Gasteiger partial charge in [0.2, 0.25) is 5.91 Å². The molecule has 132 valence electrons. The van der Waals surface area contributed by atoms with E-state index in [1.165, 1.54) is 19.2 Å². The van der Waals surface area contributed by atoms with Crippen LogP contribution in [0.4, 0.5) is 15.8 Å². The van der Waals surface area contributed by atoms with Gasteiger partial charge in [0.25, 0.3) is 0 Å². The Bertz CT molecular complexity index is 922. The molecule has 0 aliphatic carbocycles. The molecule has 2 N–H and O–H groups in total. The topological polar surface area (TPSA) is 77.1 Å². The quantitative estimate of drug-likeness (QED) is 0.667. The first-order valence-electron chi connectivity index (χ1n) is 7.79. The molecule has 7 heteroatoms. The maximum atomic E-state index is 14.1. The molecular weight excluding hydrogens is 353 g/mol. The van der Waals surface area contributed by atoms with Gasteiger partial charge >= 0.3 is 0 Å². The van der Waals surface area contributed by atoms with Crippen LogP contribution in [0, 0.1) is 5.82 Å². The van der Waals surface area contributed by atoms with Crippen LogP contribution in [0.3, 0.4) is 0 Å². The van der Waals surface area contributed by atoms with Gasteiger partial charge in [-0.1, -0.05) is 24.3 Å². The fraction of sp³-hybridized carbons (Fsp3) is 0.0526. The van der Waals surface area contributed by atoms with Crippen LogP contribution in [0.2, 0.25) is 0 Å². The third-order valence-corrected chi connectivity index (χ3v) is 4.62. The highest BCUT2D eigenvalue weighted by Crippen LogP contribution is 2.27. The van der Waals surface area contributed by atoms with E-state index in [-0.39, 0.29) is 11.6 Å². The van der Waals surface area contributed by atoms with E-state index in [0.717, 1.165) is 0 Å². The van der Waals surface area contributed by atoms with Crippen LogP contribution in [0.5, 0.6) is 0 Å². The second-order valence-corrected chi connectivity index (χ2v) is 6.73. The summed E-state index contributed by atoms with van der Waals surface area (Å²) in [5.41, 5.74) is 2.04. The molecular formula is C19H16FN3O2S. The van der Waals surface area contributed by atoms with Gasteiger partial charge in [0, 0.05) is 18.7 Å². The van der Waals surface area contributed by atoms with E-state index in [1.807, 2.05) is 6.07 Å². The zero-order valence-corrected chi connectivity index (χ0v) is 14.7. The number of pyridine rings is 1. The monoisotopic (exact) mass is 369 g/mol. The van der Waals surface area contributed by atoms with Gasteiger partial charge in [0.1, 0.15) is 17.0 Å². The molecule has 26 heavy (non-hydrogen) atoms. The summed E-state index contributed by atoms with van der Waals surface area (Å²) >= 11 is -1.58. The van der Waals surface area contributed by atoms with Gasteiger partial charge < -0.3 is 9.87 Å². The van der Waals surface area contributed by atoms with E-state index in [2.05, 4.69) is 15.0 Å². The zero-order valence-electron chi connectivity index (χ0n) is 13.9. The van der Waals surface area contributed by atoms with E-state index in [4.69, 9.17) is 0 Å². The smallest absolute Gasteiger partial charge is 0.221 e. The summed E-state index contributed by atoms with van der Waals surface area (Å²) in [5.74, 6) is -0.715. The van der Waals surface area contributed by atoms with Crippen molar-refractivity contribution in [1.82, 2.24) is 4.98 Å². The largest absolute Gasteiger partial charge is 0.588 e. The van der Waals surface area contributed by atoms with E-state index < -0.39 is 17.2 Å². The molecule has 0 saturated carbocycles. The molecule has 1 heterocycles. The maximum absolute atomic E-state index is 14.1. The molecule has 0 bridgehead atoms. The Morgan fingerprint density at radius 3 is 2.58 bits per heavy atom. The number of benzene rings is 2. The van der Waals surface area contributed by atoms with Crippen LogP contribution in [-0.2, 0) is 16.2 Å². The Balaban J connectivity index is 1.87. The molecule has 0 fully saturated rings. The lowest BCUT2D eigenvalue weighted by Gasteiger charge is -2.13. The molecule has 1 atom stereocenters. The Morgan fingerprint density at radius 2 is 1.85 bits per heavy atom. The number of nitrogens with one attached hydrogen (secondary N) is 2. The Labute approximate surface area is 153 Å². The molecule has 3 rings (SSSR count). The summed E-state index contributed by atoms with van der Waals surface area (Å²) in [5, 5.41) is 2.65. The van der Waals surface area contributed by atoms with Crippen LogP contribution in [0.1, 0.15) is 6.92 Å². The lowest BCUT2D eigenvalue weighted by Crippen LogP contribution is -2.14. The van der Waals surface area contributed by atoms with Crippen molar-refractivity contribution < 1.29 is 13.7 Å². The number of amides is 1. The highest BCUT2D eigenvalue weighted by molar-refractivity contribution is 7.92. The predicted octanol–water partition coefficient (Wildman–Crippen LogP) is 3.98. The van der Waals surface area contributed by atoms with Crippen molar-refractivity contribution in [2.75, 3.05) is 10.0 Å². The van der Waals surface area contributed by atoms with Crippen LogP contribution in [0.15, 0.2) is 71.9 Å². The third kappa shape index (κ3) is 4.38. The van der Waals surface area contributed by atoms with Crippen molar-refractivity contribution in [1.29, 1.82) is 0 Å². The number of aromatic nitrogens is 1. The molecule has 5 nitrogen and oxygen atoms in total. The van der Waals surface area contributed by atoms with Crippen molar-refractivity contribution in [3.63, 3.8) is 0 Å². The minimum atomic E-state index is -1.58. The number of nitrogens with zero attached hydrogens (tertiary/aromatic N) is 1. The van der Waals surface area contributed by atoms with Crippen LogP contribution >= 0.6 is 0 Å². The van der Waals surface area contributed by atoms with Gasteiger partial charge in [0.15, 0.2) is 10.7 Å². The van der Waals surface area contributed by atoms with E-state index >= 15 is 0 Å². The van der Waals surface area contributed by atoms with Gasteiger partial charge in [-0.3, -0.25) is 9.78 Å². The molecule has 1 amide bonds. The SMILES string of the molecule is CC(=O)Nc1cncc(-c2ccc(F)c(N[S+]([O-])c3ccccc3)c2)c1. The molecule has 0 radical (unpaired) electrons. The minimum Gasteiger partial charge on any atom is -0.588 e. The maximum Gasteiger partial charge on any atom is 0.221 e. The standard InChI is InChI=1S/C19H16FN3O2S/c1-13(24)22-16-9-15(11-21-12-16)14-7-8-18(20)19(10-14)23-26(25)17-5-3-2-4-6-17/h2-12,23H,1H3,(H,22,24). The number of rotatable bonds is 5. The number of carbonyl (C=O) groups excluding carboxylic acids is 1. The van der Waals surface area contributed by atoms with Gasteiger partial charge in [-0.05, 0) is 35.9 Å². The highest BCUT2D eigenvalue weighted by Gasteiger charge is 2.15. The zero-order chi connectivity index (χ0) is 18.5. The van der Waals surface area contributed by atoms with Crippen LogP contribution in [0.25, 0.3) is 11.1 Å². The number of hydrogen-bond donors (Lipinski definition) is 2. The number of anilines is 2. The van der Waals surface area contributed by atoms with Gasteiger partial charge in [-0.25, -0.2) is 9.11 Å². The molecule has 3 aromatic rings. The van der Waals surface area contributed by atoms with E-state index in [9.17, 15) is 13.7 Å². The normalized spacial score (nSPS) is 11.7. The number of hydrogen-bond acceptors (Lipinski definition) is 4. The van der Waals surface area contributed by atoms with Crippen LogP contribution < -0.4 is 10.0 Å². The number of carbonyl (C=O) groups is 1. The van der Waals surface area contributed by atoms with Crippen molar-refractivity contribution in [3.05, 3.63) is 72.8 Å². The Hall–Kier alpha value is -2.90. The molecule has 1 aromatic heterocycles. The van der Waals surface area contributed by atoms with Crippen molar-refractivity contribution in [3.8, 4) is 11.1 Å². The second-order valence-electron chi connectivity index (χ2n) is 5.52. The first-order valence-corrected chi connectivity index (χ1v) is 8.94. The minimum absolute atomic E-state index is 0.120. The fourth-order valence-corrected chi connectivity index (χ4v) is 3.23. The first kappa shape index (κ1) is 17.9. The lowest BCUT2D eigenvalue weighted by atomic mass is 10.1.